The van der Waals surface area contributed by atoms with E-state index in [2.05, 4.69) is 32.5 Å². The highest BCUT2D eigenvalue weighted by Gasteiger charge is 2.38. The number of carbonyl (C=O) groups excluding carboxylic acids is 1. The highest BCUT2D eigenvalue weighted by atomic mass is 32.1. The largest absolute Gasteiger partial charge is 0.371 e. The van der Waals surface area contributed by atoms with E-state index in [1.807, 2.05) is 35.5 Å². The van der Waals surface area contributed by atoms with Crippen LogP contribution in [-0.2, 0) is 0 Å². The van der Waals surface area contributed by atoms with Crippen LogP contribution in [0.4, 0.5) is 5.69 Å². The molecule has 28 heavy (non-hydrogen) atoms. The van der Waals surface area contributed by atoms with E-state index in [0.29, 0.717) is 5.41 Å². The molecule has 0 unspecified atom stereocenters. The van der Waals surface area contributed by atoms with Crippen molar-refractivity contribution in [2.24, 2.45) is 5.41 Å². The van der Waals surface area contributed by atoms with E-state index in [9.17, 15) is 4.79 Å². The molecule has 5 nitrogen and oxygen atoms in total. The molecule has 0 bridgehead atoms. The van der Waals surface area contributed by atoms with Crippen LogP contribution >= 0.6 is 11.3 Å². The summed E-state index contributed by atoms with van der Waals surface area (Å²) >= 11 is 1.47. The van der Waals surface area contributed by atoms with Gasteiger partial charge in [-0.15, -0.1) is 11.3 Å². The third-order valence-corrected chi connectivity index (χ3v) is 7.24. The van der Waals surface area contributed by atoms with Gasteiger partial charge in [0.15, 0.2) is 5.51 Å². The van der Waals surface area contributed by atoms with E-state index >= 15 is 0 Å². The molecule has 0 atom stereocenters. The number of thiazole rings is 1. The van der Waals surface area contributed by atoms with Gasteiger partial charge in [0.25, 0.3) is 5.91 Å². The van der Waals surface area contributed by atoms with Crippen molar-refractivity contribution in [3.05, 3.63) is 53.8 Å². The quantitative estimate of drug-likeness (QED) is 0.662. The lowest BCUT2D eigenvalue weighted by molar-refractivity contribution is 0.0516. The van der Waals surface area contributed by atoms with Crippen molar-refractivity contribution < 1.29 is 4.79 Å². The van der Waals surface area contributed by atoms with Gasteiger partial charge in [0.1, 0.15) is 0 Å². The molecule has 1 spiro atoms. The number of carbonyl (C=O) groups is 1. The van der Waals surface area contributed by atoms with E-state index in [4.69, 9.17) is 0 Å². The fraction of sp³-hybridized carbons (Fsp3) is 0.409. The van der Waals surface area contributed by atoms with E-state index in [1.54, 1.807) is 0 Å². The number of fused-ring (bicyclic) bond motifs is 1. The van der Waals surface area contributed by atoms with Gasteiger partial charge in [0, 0.05) is 44.3 Å². The van der Waals surface area contributed by atoms with Gasteiger partial charge in [-0.2, -0.15) is 0 Å². The number of anilines is 1. The Bertz CT molecular complexity index is 968. The van der Waals surface area contributed by atoms with E-state index in [-0.39, 0.29) is 5.91 Å². The number of nitrogens with zero attached hydrogens (tertiary/aromatic N) is 4. The van der Waals surface area contributed by atoms with Gasteiger partial charge in [0.05, 0.1) is 15.8 Å². The molecule has 2 aliphatic rings. The zero-order valence-corrected chi connectivity index (χ0v) is 16.6. The van der Waals surface area contributed by atoms with Gasteiger partial charge >= 0.3 is 0 Å². The van der Waals surface area contributed by atoms with Crippen molar-refractivity contribution in [1.82, 2.24) is 14.9 Å². The Morgan fingerprint density at radius 3 is 2.46 bits per heavy atom. The summed E-state index contributed by atoms with van der Waals surface area (Å²) in [5, 5.41) is 0. The molecule has 1 radical (unpaired) electrons. The summed E-state index contributed by atoms with van der Waals surface area (Å²) in [6.07, 6.45) is 8.33. The third-order valence-electron chi connectivity index (χ3n) is 6.51. The second-order valence-corrected chi connectivity index (χ2v) is 8.77. The van der Waals surface area contributed by atoms with Crippen molar-refractivity contribution in [2.45, 2.75) is 25.7 Å². The Balaban J connectivity index is 1.23. The van der Waals surface area contributed by atoms with Gasteiger partial charge in [-0.25, -0.2) is 4.98 Å². The van der Waals surface area contributed by atoms with Crippen LogP contribution in [0.5, 0.6) is 0 Å². The summed E-state index contributed by atoms with van der Waals surface area (Å²) in [6.45, 7) is 3.87. The Morgan fingerprint density at radius 1 is 1.00 bits per heavy atom. The molecule has 0 saturated carbocycles. The number of pyridine rings is 1. The Kier molecular flexibility index (Phi) is 4.51. The van der Waals surface area contributed by atoms with Gasteiger partial charge in [-0.05, 0) is 55.4 Å². The lowest BCUT2D eigenvalue weighted by Gasteiger charge is -2.47. The molecule has 0 aliphatic carbocycles. The highest BCUT2D eigenvalue weighted by Crippen LogP contribution is 2.42. The molecular weight excluding hydrogens is 368 g/mol. The minimum Gasteiger partial charge on any atom is -0.371 e. The number of benzene rings is 1. The van der Waals surface area contributed by atoms with Crippen LogP contribution in [0.1, 0.15) is 36.0 Å². The minimum absolute atomic E-state index is 0.119. The standard InChI is InChI=1S/C22H23N4OS/c27-21(18-2-1-3-19-20(18)24-16-28-19)26-14-8-22(9-15-26)6-12-25(13-7-22)17-4-10-23-11-5-17/h1-5,10-11H,6-9,12-15H2. The molecule has 6 heteroatoms. The van der Waals surface area contributed by atoms with Crippen molar-refractivity contribution in [3.63, 3.8) is 0 Å². The molecule has 2 aromatic heterocycles. The summed E-state index contributed by atoms with van der Waals surface area (Å²) in [6, 6.07) is 10.0. The maximum Gasteiger partial charge on any atom is 0.256 e. The summed E-state index contributed by atoms with van der Waals surface area (Å²) in [5.74, 6) is 0.119. The molecule has 4 heterocycles. The summed E-state index contributed by atoms with van der Waals surface area (Å²) < 4.78 is 1.03. The smallest absolute Gasteiger partial charge is 0.256 e. The summed E-state index contributed by atoms with van der Waals surface area (Å²) in [5.41, 5.74) is 6.09. The normalized spacial score (nSPS) is 19.3. The Labute approximate surface area is 169 Å². The second-order valence-electron chi connectivity index (χ2n) is 7.94. The molecule has 2 saturated heterocycles. The summed E-state index contributed by atoms with van der Waals surface area (Å²) in [7, 11) is 0. The molecule has 5 rings (SSSR count). The van der Waals surface area contributed by atoms with Gasteiger partial charge in [-0.3, -0.25) is 9.78 Å². The molecule has 3 aromatic rings. The third kappa shape index (κ3) is 3.15. The van der Waals surface area contributed by atoms with Gasteiger partial charge in [0.2, 0.25) is 0 Å². The van der Waals surface area contributed by atoms with Crippen LogP contribution < -0.4 is 4.90 Å². The molecular formula is C22H23N4OS. The molecule has 143 valence electrons. The highest BCUT2D eigenvalue weighted by molar-refractivity contribution is 7.16. The fourth-order valence-corrected chi connectivity index (χ4v) is 5.29. The number of hydrogen-bond donors (Lipinski definition) is 0. The van der Waals surface area contributed by atoms with Crippen LogP contribution in [0.3, 0.4) is 0 Å². The average molecular weight is 392 g/mol. The van der Waals surface area contributed by atoms with Crippen LogP contribution in [-0.4, -0.2) is 47.0 Å². The number of aromatic nitrogens is 2. The van der Waals surface area contributed by atoms with Crippen LogP contribution in [0, 0.1) is 10.9 Å². The van der Waals surface area contributed by atoms with Crippen LogP contribution in [0.15, 0.2) is 42.7 Å². The van der Waals surface area contributed by atoms with Crippen LogP contribution in [0.25, 0.3) is 10.2 Å². The lowest BCUT2D eigenvalue weighted by Crippen LogP contribution is -2.48. The first kappa shape index (κ1) is 17.6. The maximum absolute atomic E-state index is 13.1. The maximum atomic E-state index is 13.1. The van der Waals surface area contributed by atoms with E-state index in [1.165, 1.54) is 29.9 Å². The molecule has 1 aromatic carbocycles. The Hall–Kier alpha value is -2.47. The average Bonchev–Trinajstić information content (AvgIpc) is 3.24. The number of amides is 1. The molecule has 1 amide bonds. The molecule has 2 aliphatic heterocycles. The number of likely N-dealkylation sites (tertiary alicyclic amines) is 1. The lowest BCUT2D eigenvalue weighted by atomic mass is 9.71. The number of para-hydroxylation sites is 1. The monoisotopic (exact) mass is 391 g/mol. The first-order valence-electron chi connectivity index (χ1n) is 9.94. The van der Waals surface area contributed by atoms with Crippen molar-refractivity contribution in [2.75, 3.05) is 31.1 Å². The Morgan fingerprint density at radius 2 is 1.71 bits per heavy atom. The van der Waals surface area contributed by atoms with Crippen LogP contribution in [0.2, 0.25) is 0 Å². The van der Waals surface area contributed by atoms with Gasteiger partial charge in [-0.1, -0.05) is 6.07 Å². The van der Waals surface area contributed by atoms with E-state index in [0.717, 1.165) is 54.8 Å². The zero-order chi connectivity index (χ0) is 19.0. The number of rotatable bonds is 2. The molecule has 0 N–H and O–H groups in total. The van der Waals surface area contributed by atoms with Gasteiger partial charge < -0.3 is 9.80 Å². The second kappa shape index (κ2) is 7.17. The van der Waals surface area contributed by atoms with Crippen molar-refractivity contribution >= 4 is 33.1 Å². The minimum atomic E-state index is 0.119. The SMILES string of the molecule is O=C(c1cccc2s[c]nc12)N1CCC2(CC1)CCN(c1ccncc1)CC2. The predicted octanol–water partition coefficient (Wildman–Crippen LogP) is 4.01. The topological polar surface area (TPSA) is 49.3 Å². The van der Waals surface area contributed by atoms with Crippen molar-refractivity contribution in [3.8, 4) is 0 Å². The number of hydrogen-bond acceptors (Lipinski definition) is 5. The summed E-state index contributed by atoms with van der Waals surface area (Å²) in [4.78, 5) is 26.0. The van der Waals surface area contributed by atoms with Crippen molar-refractivity contribution in [1.29, 1.82) is 0 Å². The van der Waals surface area contributed by atoms with E-state index < -0.39 is 0 Å². The zero-order valence-electron chi connectivity index (χ0n) is 15.8. The predicted molar refractivity (Wildman–Crippen MR) is 112 cm³/mol. The number of piperidine rings is 2. The molecule has 2 fully saturated rings. The first-order chi connectivity index (χ1) is 13.7. The fourth-order valence-electron chi connectivity index (χ4n) is 4.66. The first-order valence-corrected chi connectivity index (χ1v) is 10.8.